The lowest BCUT2D eigenvalue weighted by Crippen LogP contribution is -2.40. The summed E-state index contributed by atoms with van der Waals surface area (Å²) in [6.07, 6.45) is 7.90. The van der Waals surface area contributed by atoms with E-state index in [-0.39, 0.29) is 0 Å². The molecule has 3 nitrogen and oxygen atoms in total. The number of benzene rings is 5. The third-order valence-electron chi connectivity index (χ3n) is 9.73. The normalized spacial score (nSPS) is 16.1. The molecule has 1 aliphatic carbocycles. The minimum absolute atomic E-state index is 0.357. The van der Waals surface area contributed by atoms with Crippen LogP contribution >= 0.6 is 11.8 Å². The third-order valence-corrected chi connectivity index (χ3v) is 11.1. The van der Waals surface area contributed by atoms with Crippen molar-refractivity contribution >= 4 is 33.6 Å². The monoisotopic (exact) mass is 631 g/mol. The molecule has 0 saturated carbocycles. The second-order valence-corrected chi connectivity index (χ2v) is 13.6. The van der Waals surface area contributed by atoms with E-state index in [0.29, 0.717) is 10.8 Å². The predicted octanol–water partition coefficient (Wildman–Crippen LogP) is 10.7. The van der Waals surface area contributed by atoms with Gasteiger partial charge in [-0.1, -0.05) is 121 Å². The molecule has 1 atom stereocenters. The Morgan fingerprint density at radius 2 is 1.23 bits per heavy atom. The lowest BCUT2D eigenvalue weighted by atomic mass is 9.62. The molecule has 2 aromatic heterocycles. The van der Waals surface area contributed by atoms with E-state index in [2.05, 4.69) is 133 Å². The maximum Gasteiger partial charge on any atom is 0.0991 e. The number of aromatic nitrogens is 2. The standard InChI is InChI=1S/C44H29N3S/c45-28-29-15-17-30(18-16-29)38-24-21-31-19-20-32-22-25-39(47-43(32)42(31)46-38)33-23-26-41-37(27-33)44(34-9-3-1-4-10-34,35-11-5-2-6-12-35)36-13-7-8-14-40(36)48-41/h1-13,15-27,40H,14H2. The predicted molar refractivity (Wildman–Crippen MR) is 197 cm³/mol. The van der Waals surface area contributed by atoms with Crippen molar-refractivity contribution in [2.24, 2.45) is 0 Å². The first-order chi connectivity index (χ1) is 23.7. The van der Waals surface area contributed by atoms with Gasteiger partial charge in [0.1, 0.15) is 0 Å². The van der Waals surface area contributed by atoms with Gasteiger partial charge in [0.25, 0.3) is 0 Å². The van der Waals surface area contributed by atoms with Crippen LogP contribution in [0.3, 0.4) is 0 Å². The van der Waals surface area contributed by atoms with Crippen molar-refractivity contribution in [2.45, 2.75) is 22.0 Å². The van der Waals surface area contributed by atoms with Crippen LogP contribution in [0.2, 0.25) is 0 Å². The second-order valence-electron chi connectivity index (χ2n) is 12.4. The van der Waals surface area contributed by atoms with Crippen molar-refractivity contribution in [3.05, 3.63) is 186 Å². The van der Waals surface area contributed by atoms with Gasteiger partial charge in [0, 0.05) is 32.0 Å². The van der Waals surface area contributed by atoms with Crippen LogP contribution in [0, 0.1) is 11.3 Å². The van der Waals surface area contributed by atoms with E-state index in [1.54, 1.807) is 0 Å². The van der Waals surface area contributed by atoms with Gasteiger partial charge >= 0.3 is 0 Å². The fraction of sp³-hybridized carbons (Fsp3) is 0.0682. The van der Waals surface area contributed by atoms with Crippen molar-refractivity contribution in [3.8, 4) is 28.6 Å². The molecule has 4 heteroatoms. The van der Waals surface area contributed by atoms with E-state index >= 15 is 0 Å². The first kappa shape index (κ1) is 28.5. The van der Waals surface area contributed by atoms with E-state index < -0.39 is 5.41 Å². The van der Waals surface area contributed by atoms with E-state index in [0.717, 1.165) is 50.7 Å². The number of allylic oxidation sites excluding steroid dienone is 3. The first-order valence-corrected chi connectivity index (χ1v) is 17.1. The Morgan fingerprint density at radius 3 is 1.85 bits per heavy atom. The average Bonchev–Trinajstić information content (AvgIpc) is 3.17. The molecule has 0 spiro atoms. The maximum atomic E-state index is 9.26. The summed E-state index contributed by atoms with van der Waals surface area (Å²) in [6.45, 7) is 0. The number of rotatable bonds is 4. The van der Waals surface area contributed by atoms with Crippen LogP contribution in [0.5, 0.6) is 0 Å². The van der Waals surface area contributed by atoms with Gasteiger partial charge < -0.3 is 0 Å². The second kappa shape index (κ2) is 11.5. The topological polar surface area (TPSA) is 49.6 Å². The van der Waals surface area contributed by atoms with Crippen molar-refractivity contribution in [2.75, 3.05) is 0 Å². The third kappa shape index (κ3) is 4.51. The summed E-state index contributed by atoms with van der Waals surface area (Å²) in [5.41, 5.74) is 11.1. The number of fused-ring (bicyclic) bond motifs is 5. The Bertz CT molecular complexity index is 2420. The lowest BCUT2D eigenvalue weighted by molar-refractivity contribution is 0.658. The van der Waals surface area contributed by atoms with Gasteiger partial charge in [0.05, 0.1) is 39.5 Å². The van der Waals surface area contributed by atoms with Crippen molar-refractivity contribution in [1.82, 2.24) is 9.97 Å². The Labute approximate surface area is 284 Å². The summed E-state index contributed by atoms with van der Waals surface area (Å²) in [7, 11) is 0. The zero-order valence-corrected chi connectivity index (χ0v) is 26.9. The van der Waals surface area contributed by atoms with Gasteiger partial charge in [-0.25, -0.2) is 9.97 Å². The molecular formula is C44H29N3S. The Kier molecular flexibility index (Phi) is 6.81. The Morgan fingerprint density at radius 1 is 0.646 bits per heavy atom. The van der Waals surface area contributed by atoms with Crippen LogP contribution in [-0.2, 0) is 5.41 Å². The fourth-order valence-electron chi connectivity index (χ4n) is 7.47. The largest absolute Gasteiger partial charge is 0.245 e. The van der Waals surface area contributed by atoms with Crippen molar-refractivity contribution in [3.63, 3.8) is 0 Å². The summed E-state index contributed by atoms with van der Waals surface area (Å²) in [5, 5.41) is 11.7. The van der Waals surface area contributed by atoms with Crippen molar-refractivity contribution in [1.29, 1.82) is 5.26 Å². The summed E-state index contributed by atoms with van der Waals surface area (Å²) in [5.74, 6) is 0. The zero-order valence-electron chi connectivity index (χ0n) is 26.0. The molecule has 2 aliphatic rings. The van der Waals surface area contributed by atoms with Crippen LogP contribution in [0.1, 0.15) is 28.7 Å². The van der Waals surface area contributed by atoms with E-state index in [1.807, 2.05) is 42.1 Å². The molecule has 3 heterocycles. The molecule has 5 aromatic carbocycles. The number of pyridine rings is 2. The number of hydrogen-bond acceptors (Lipinski definition) is 4. The molecule has 0 fully saturated rings. The molecular weight excluding hydrogens is 603 g/mol. The maximum absolute atomic E-state index is 9.26. The van der Waals surface area contributed by atoms with Crippen molar-refractivity contribution < 1.29 is 0 Å². The molecule has 7 aromatic rings. The highest BCUT2D eigenvalue weighted by Crippen LogP contribution is 2.57. The molecule has 1 aliphatic heterocycles. The zero-order chi connectivity index (χ0) is 32.1. The summed E-state index contributed by atoms with van der Waals surface area (Å²) in [4.78, 5) is 11.7. The van der Waals surface area contributed by atoms with Crippen LogP contribution in [0.15, 0.2) is 168 Å². The van der Waals surface area contributed by atoms with Crippen LogP contribution < -0.4 is 0 Å². The van der Waals surface area contributed by atoms with E-state index in [1.165, 1.54) is 27.2 Å². The van der Waals surface area contributed by atoms with Gasteiger partial charge in [0.2, 0.25) is 0 Å². The van der Waals surface area contributed by atoms with Gasteiger partial charge in [-0.2, -0.15) is 5.26 Å². The number of nitriles is 1. The molecule has 9 rings (SSSR count). The van der Waals surface area contributed by atoms with Crippen LogP contribution in [-0.4, -0.2) is 15.2 Å². The highest BCUT2D eigenvalue weighted by atomic mass is 32.2. The first-order valence-electron chi connectivity index (χ1n) is 16.2. The van der Waals surface area contributed by atoms with Gasteiger partial charge in [-0.3, -0.25) is 0 Å². The van der Waals surface area contributed by atoms with E-state index in [9.17, 15) is 5.26 Å². The van der Waals surface area contributed by atoms with Gasteiger partial charge in [-0.15, -0.1) is 11.8 Å². The minimum atomic E-state index is -0.435. The molecule has 48 heavy (non-hydrogen) atoms. The molecule has 0 bridgehead atoms. The molecule has 0 amide bonds. The molecule has 0 N–H and O–H groups in total. The fourth-order valence-corrected chi connectivity index (χ4v) is 8.85. The Hall–Kier alpha value is -5.76. The highest BCUT2D eigenvalue weighted by Gasteiger charge is 2.47. The summed E-state index contributed by atoms with van der Waals surface area (Å²) < 4.78 is 0. The smallest absolute Gasteiger partial charge is 0.0991 e. The lowest BCUT2D eigenvalue weighted by Gasteiger charge is -2.46. The highest BCUT2D eigenvalue weighted by molar-refractivity contribution is 8.00. The summed E-state index contributed by atoms with van der Waals surface area (Å²) in [6, 6.07) is 51.4. The molecule has 1 unspecified atom stereocenters. The van der Waals surface area contributed by atoms with E-state index in [4.69, 9.17) is 9.97 Å². The van der Waals surface area contributed by atoms with Gasteiger partial charge in [0.15, 0.2) is 0 Å². The number of nitrogens with zero attached hydrogens (tertiary/aromatic N) is 3. The quantitative estimate of drug-likeness (QED) is 0.181. The number of hydrogen-bond donors (Lipinski definition) is 0. The van der Waals surface area contributed by atoms with Gasteiger partial charge in [-0.05, 0) is 65.1 Å². The average molecular weight is 632 g/mol. The van der Waals surface area contributed by atoms with Crippen LogP contribution in [0.4, 0.5) is 0 Å². The summed E-state index contributed by atoms with van der Waals surface area (Å²) >= 11 is 1.97. The molecule has 0 radical (unpaired) electrons. The SMILES string of the molecule is N#Cc1ccc(-c2ccc3ccc4ccc(-c5ccc6c(c5)C(c5ccccc5)(c5ccccc5)C5=CC=CCC5S6)nc4c3n2)cc1. The van der Waals surface area contributed by atoms with Crippen LogP contribution in [0.25, 0.3) is 44.3 Å². The Balaban J connectivity index is 1.25. The molecule has 0 saturated heterocycles. The number of thioether (sulfide) groups is 1. The molecule has 226 valence electrons. The minimum Gasteiger partial charge on any atom is -0.245 e.